The zero-order valence-electron chi connectivity index (χ0n) is 11.2. The van der Waals surface area contributed by atoms with Gasteiger partial charge in [0.15, 0.2) is 0 Å². The lowest BCUT2D eigenvalue weighted by atomic mass is 9.85. The molecule has 1 fully saturated rings. The topological polar surface area (TPSA) is 78.3 Å². The summed E-state index contributed by atoms with van der Waals surface area (Å²) in [6, 6.07) is 0. The van der Waals surface area contributed by atoms with Gasteiger partial charge in [-0.05, 0) is 38.0 Å². The Hall–Kier alpha value is -0.610. The van der Waals surface area contributed by atoms with Crippen LogP contribution in [0.1, 0.15) is 46.5 Å². The maximum absolute atomic E-state index is 11.4. The summed E-state index contributed by atoms with van der Waals surface area (Å²) in [5.74, 6) is 0.327. The Labute approximate surface area is 104 Å². The van der Waals surface area contributed by atoms with Gasteiger partial charge in [0, 0.05) is 6.61 Å². The summed E-state index contributed by atoms with van der Waals surface area (Å²) in [6.07, 6.45) is 3.77. The molecule has 0 aromatic heterocycles. The zero-order chi connectivity index (χ0) is 13.1. The van der Waals surface area contributed by atoms with Crippen LogP contribution in [-0.4, -0.2) is 24.2 Å². The molecule has 0 aromatic carbocycles. The molecule has 1 amide bonds. The van der Waals surface area contributed by atoms with Gasteiger partial charge in [0.25, 0.3) is 0 Å². The molecule has 1 rings (SSSR count). The van der Waals surface area contributed by atoms with Gasteiger partial charge in [-0.2, -0.15) is 0 Å². The van der Waals surface area contributed by atoms with Crippen molar-refractivity contribution in [3.63, 3.8) is 0 Å². The van der Waals surface area contributed by atoms with Crippen molar-refractivity contribution < 1.29 is 9.53 Å². The molecule has 0 aromatic rings. The molecule has 3 atom stereocenters. The van der Waals surface area contributed by atoms with Crippen LogP contribution in [0.25, 0.3) is 0 Å². The minimum atomic E-state index is -0.801. The van der Waals surface area contributed by atoms with E-state index in [4.69, 9.17) is 16.2 Å². The number of nitrogens with two attached hydrogens (primary N) is 2. The minimum absolute atomic E-state index is 0.180. The van der Waals surface area contributed by atoms with Gasteiger partial charge in [0.05, 0.1) is 11.6 Å². The summed E-state index contributed by atoms with van der Waals surface area (Å²) in [5, 5.41) is 0. The second-order valence-corrected chi connectivity index (χ2v) is 5.60. The largest absolute Gasteiger partial charge is 0.378 e. The number of ether oxygens (including phenoxy) is 1. The summed E-state index contributed by atoms with van der Waals surface area (Å²) in [7, 11) is 0. The second-order valence-electron chi connectivity index (χ2n) is 5.60. The lowest BCUT2D eigenvalue weighted by molar-refractivity contribution is -0.124. The summed E-state index contributed by atoms with van der Waals surface area (Å²) < 4.78 is 5.73. The minimum Gasteiger partial charge on any atom is -0.378 e. The molecule has 100 valence electrons. The third-order valence-electron chi connectivity index (χ3n) is 4.12. The summed E-state index contributed by atoms with van der Waals surface area (Å²) in [4.78, 5) is 11.4. The maximum Gasteiger partial charge on any atom is 0.237 e. The van der Waals surface area contributed by atoms with Crippen molar-refractivity contribution >= 4 is 5.91 Å². The van der Waals surface area contributed by atoms with Gasteiger partial charge < -0.3 is 16.2 Å². The van der Waals surface area contributed by atoms with Crippen LogP contribution >= 0.6 is 0 Å². The van der Waals surface area contributed by atoms with Crippen molar-refractivity contribution in [3.05, 3.63) is 0 Å². The summed E-state index contributed by atoms with van der Waals surface area (Å²) >= 11 is 0. The monoisotopic (exact) mass is 242 g/mol. The van der Waals surface area contributed by atoms with E-state index in [2.05, 4.69) is 20.8 Å². The molecule has 3 unspecified atom stereocenters. The fraction of sp³-hybridized carbons (Fsp3) is 0.923. The highest BCUT2D eigenvalue weighted by Crippen LogP contribution is 2.35. The van der Waals surface area contributed by atoms with Crippen molar-refractivity contribution in [3.8, 4) is 0 Å². The molecule has 4 nitrogen and oxygen atoms in total. The SMILES string of the molecule is CC(C)C(C)OCCC1CCCC1(N)C(N)=O. The Morgan fingerprint density at radius 3 is 2.65 bits per heavy atom. The third-order valence-corrected chi connectivity index (χ3v) is 4.12. The Morgan fingerprint density at radius 2 is 2.12 bits per heavy atom. The van der Waals surface area contributed by atoms with Crippen LogP contribution in [0.2, 0.25) is 0 Å². The van der Waals surface area contributed by atoms with Gasteiger partial charge in [0.1, 0.15) is 0 Å². The number of rotatable bonds is 6. The number of amides is 1. The number of hydrogen-bond donors (Lipinski definition) is 2. The predicted octanol–water partition coefficient (Wildman–Crippen LogP) is 1.42. The van der Waals surface area contributed by atoms with Crippen LogP contribution in [0.5, 0.6) is 0 Å². The van der Waals surface area contributed by atoms with Crippen LogP contribution in [0.15, 0.2) is 0 Å². The van der Waals surface area contributed by atoms with E-state index in [1.165, 1.54) is 0 Å². The first-order valence-electron chi connectivity index (χ1n) is 6.58. The normalized spacial score (nSPS) is 30.8. The van der Waals surface area contributed by atoms with Gasteiger partial charge in [0.2, 0.25) is 5.91 Å². The van der Waals surface area contributed by atoms with Crippen LogP contribution in [0.4, 0.5) is 0 Å². The molecular weight excluding hydrogens is 216 g/mol. The van der Waals surface area contributed by atoms with Crippen molar-refractivity contribution in [2.75, 3.05) is 6.61 Å². The van der Waals surface area contributed by atoms with Crippen molar-refractivity contribution in [2.45, 2.75) is 58.1 Å². The first-order valence-corrected chi connectivity index (χ1v) is 6.58. The molecule has 1 saturated carbocycles. The highest BCUT2D eigenvalue weighted by atomic mass is 16.5. The quantitative estimate of drug-likeness (QED) is 0.739. The van der Waals surface area contributed by atoms with Gasteiger partial charge in [-0.25, -0.2) is 0 Å². The second kappa shape index (κ2) is 5.83. The maximum atomic E-state index is 11.4. The first-order chi connectivity index (χ1) is 7.88. The number of primary amides is 1. The Morgan fingerprint density at radius 1 is 1.47 bits per heavy atom. The van der Waals surface area contributed by atoms with E-state index in [0.29, 0.717) is 18.9 Å². The molecule has 0 saturated heterocycles. The van der Waals surface area contributed by atoms with E-state index in [1.54, 1.807) is 0 Å². The van der Waals surface area contributed by atoms with Gasteiger partial charge in [-0.1, -0.05) is 20.3 Å². The molecule has 1 aliphatic carbocycles. The summed E-state index contributed by atoms with van der Waals surface area (Å²) in [5.41, 5.74) is 10.7. The predicted molar refractivity (Wildman–Crippen MR) is 68.3 cm³/mol. The van der Waals surface area contributed by atoms with E-state index in [0.717, 1.165) is 19.3 Å². The van der Waals surface area contributed by atoms with E-state index >= 15 is 0 Å². The number of carbonyl (C=O) groups excluding carboxylic acids is 1. The average molecular weight is 242 g/mol. The molecule has 4 heteroatoms. The summed E-state index contributed by atoms with van der Waals surface area (Å²) in [6.45, 7) is 7.01. The zero-order valence-corrected chi connectivity index (χ0v) is 11.2. The number of hydrogen-bond acceptors (Lipinski definition) is 3. The fourth-order valence-electron chi connectivity index (χ4n) is 2.42. The van der Waals surface area contributed by atoms with E-state index in [-0.39, 0.29) is 17.9 Å². The lowest BCUT2D eigenvalue weighted by Crippen LogP contribution is -2.54. The number of carbonyl (C=O) groups is 1. The molecule has 4 N–H and O–H groups in total. The van der Waals surface area contributed by atoms with Crippen LogP contribution < -0.4 is 11.5 Å². The van der Waals surface area contributed by atoms with Crippen LogP contribution in [0.3, 0.4) is 0 Å². The fourth-order valence-corrected chi connectivity index (χ4v) is 2.42. The first kappa shape index (κ1) is 14.5. The highest BCUT2D eigenvalue weighted by molar-refractivity contribution is 5.85. The molecule has 0 radical (unpaired) electrons. The van der Waals surface area contributed by atoms with Gasteiger partial charge in [-0.3, -0.25) is 4.79 Å². The van der Waals surface area contributed by atoms with Crippen molar-refractivity contribution in [1.82, 2.24) is 0 Å². The third kappa shape index (κ3) is 3.42. The van der Waals surface area contributed by atoms with Gasteiger partial charge in [-0.15, -0.1) is 0 Å². The van der Waals surface area contributed by atoms with E-state index in [9.17, 15) is 4.79 Å². The van der Waals surface area contributed by atoms with Gasteiger partial charge >= 0.3 is 0 Å². The van der Waals surface area contributed by atoms with Crippen LogP contribution in [0, 0.1) is 11.8 Å². The lowest BCUT2D eigenvalue weighted by Gasteiger charge is -2.28. The standard InChI is InChI=1S/C13H26N2O2/c1-9(2)10(3)17-8-6-11-5-4-7-13(11,15)12(14)16/h9-11H,4-8,15H2,1-3H3,(H2,14,16). The molecule has 0 spiro atoms. The van der Waals surface area contributed by atoms with Crippen molar-refractivity contribution in [2.24, 2.45) is 23.3 Å². The molecule has 0 aliphatic heterocycles. The Balaban J connectivity index is 2.39. The molecule has 17 heavy (non-hydrogen) atoms. The Bertz CT molecular complexity index is 268. The molecule has 0 heterocycles. The highest BCUT2D eigenvalue weighted by Gasteiger charge is 2.43. The molecule has 0 bridgehead atoms. The van der Waals surface area contributed by atoms with E-state index in [1.807, 2.05) is 0 Å². The van der Waals surface area contributed by atoms with Crippen LogP contribution in [-0.2, 0) is 9.53 Å². The Kier molecular flexibility index (Phi) is 4.95. The molecule has 1 aliphatic rings. The average Bonchev–Trinajstić information content (AvgIpc) is 2.61. The molecular formula is C13H26N2O2. The van der Waals surface area contributed by atoms with E-state index < -0.39 is 5.54 Å². The van der Waals surface area contributed by atoms with Crippen molar-refractivity contribution in [1.29, 1.82) is 0 Å². The smallest absolute Gasteiger partial charge is 0.237 e.